The summed E-state index contributed by atoms with van der Waals surface area (Å²) in [7, 11) is 0. The van der Waals surface area contributed by atoms with E-state index in [0.29, 0.717) is 25.7 Å². The number of carbonyl (C=O) groups is 1. The Bertz CT molecular complexity index is 369. The Morgan fingerprint density at radius 1 is 1.43 bits per heavy atom. The standard InChI is InChI=1S/C16H30N2O3/c1-5-17-16(13-7-8-13,14(19)21-6-2)11-18-9-10-20-12-15(18,3)4/h13,17H,5-12H2,1-4H3. The third-order valence-corrected chi connectivity index (χ3v) is 4.66. The zero-order valence-corrected chi connectivity index (χ0v) is 13.9. The van der Waals surface area contributed by atoms with Crippen LogP contribution in [0.1, 0.15) is 40.5 Å². The number of nitrogens with one attached hydrogen (secondary N) is 1. The van der Waals surface area contributed by atoms with E-state index in [-0.39, 0.29) is 11.5 Å². The first-order valence-electron chi connectivity index (χ1n) is 8.21. The number of hydrogen-bond acceptors (Lipinski definition) is 5. The summed E-state index contributed by atoms with van der Waals surface area (Å²) < 4.78 is 11.0. The van der Waals surface area contributed by atoms with E-state index in [9.17, 15) is 4.79 Å². The summed E-state index contributed by atoms with van der Waals surface area (Å²) in [5, 5.41) is 3.47. The van der Waals surface area contributed by atoms with Crippen molar-refractivity contribution in [1.82, 2.24) is 10.2 Å². The van der Waals surface area contributed by atoms with Gasteiger partial charge in [-0.3, -0.25) is 4.90 Å². The third-order valence-electron chi connectivity index (χ3n) is 4.66. The van der Waals surface area contributed by atoms with Gasteiger partial charge in [-0.25, -0.2) is 4.79 Å². The monoisotopic (exact) mass is 298 g/mol. The highest BCUT2D eigenvalue weighted by Gasteiger charge is 2.53. The first kappa shape index (κ1) is 16.7. The van der Waals surface area contributed by atoms with Gasteiger partial charge in [0.05, 0.1) is 19.8 Å². The van der Waals surface area contributed by atoms with Crippen LogP contribution in [-0.2, 0) is 14.3 Å². The van der Waals surface area contributed by atoms with Crippen LogP contribution < -0.4 is 5.32 Å². The smallest absolute Gasteiger partial charge is 0.327 e. The molecule has 1 saturated heterocycles. The fraction of sp³-hybridized carbons (Fsp3) is 0.938. The molecule has 2 fully saturated rings. The minimum Gasteiger partial charge on any atom is -0.465 e. The minimum absolute atomic E-state index is 0.0414. The van der Waals surface area contributed by atoms with E-state index in [1.54, 1.807) is 0 Å². The Balaban J connectivity index is 2.20. The van der Waals surface area contributed by atoms with E-state index in [0.717, 1.165) is 32.5 Å². The zero-order chi connectivity index (χ0) is 15.5. The number of carbonyl (C=O) groups excluding carboxylic acids is 1. The molecule has 122 valence electrons. The van der Waals surface area contributed by atoms with Crippen molar-refractivity contribution < 1.29 is 14.3 Å². The molecule has 1 saturated carbocycles. The van der Waals surface area contributed by atoms with Gasteiger partial charge in [0.15, 0.2) is 0 Å². The predicted octanol–water partition coefficient (Wildman–Crippen LogP) is 1.42. The fourth-order valence-electron chi connectivity index (χ4n) is 3.27. The van der Waals surface area contributed by atoms with Crippen LogP contribution in [0, 0.1) is 5.92 Å². The van der Waals surface area contributed by atoms with Crippen LogP contribution in [0.25, 0.3) is 0 Å². The normalized spacial score (nSPS) is 25.3. The molecule has 1 aliphatic heterocycles. The average Bonchev–Trinajstić information content (AvgIpc) is 3.25. The highest BCUT2D eigenvalue weighted by Crippen LogP contribution is 2.42. The number of rotatable bonds is 7. The summed E-state index contributed by atoms with van der Waals surface area (Å²) in [6.07, 6.45) is 2.22. The second-order valence-electron chi connectivity index (χ2n) is 6.78. The summed E-state index contributed by atoms with van der Waals surface area (Å²) >= 11 is 0. The molecule has 0 radical (unpaired) electrons. The number of likely N-dealkylation sites (N-methyl/N-ethyl adjacent to an activating group) is 1. The molecule has 0 aromatic rings. The van der Waals surface area contributed by atoms with Gasteiger partial charge in [-0.15, -0.1) is 0 Å². The van der Waals surface area contributed by atoms with E-state index in [2.05, 4.69) is 31.0 Å². The van der Waals surface area contributed by atoms with Gasteiger partial charge in [-0.2, -0.15) is 0 Å². The van der Waals surface area contributed by atoms with Gasteiger partial charge in [-0.1, -0.05) is 6.92 Å². The quantitative estimate of drug-likeness (QED) is 0.720. The predicted molar refractivity (Wildman–Crippen MR) is 82.2 cm³/mol. The Labute approximate surface area is 128 Å². The van der Waals surface area contributed by atoms with Crippen molar-refractivity contribution in [3.05, 3.63) is 0 Å². The third kappa shape index (κ3) is 3.58. The molecule has 0 spiro atoms. The van der Waals surface area contributed by atoms with Gasteiger partial charge in [0, 0.05) is 18.6 Å². The van der Waals surface area contributed by atoms with E-state index in [4.69, 9.17) is 9.47 Å². The van der Waals surface area contributed by atoms with Crippen LogP contribution in [-0.4, -0.2) is 61.4 Å². The lowest BCUT2D eigenvalue weighted by Gasteiger charge is -2.47. The summed E-state index contributed by atoms with van der Waals surface area (Å²) in [6, 6.07) is 0. The lowest BCUT2D eigenvalue weighted by Crippen LogP contribution is -2.66. The fourth-order valence-corrected chi connectivity index (χ4v) is 3.27. The molecule has 1 atom stereocenters. The highest BCUT2D eigenvalue weighted by molar-refractivity contribution is 5.82. The van der Waals surface area contributed by atoms with Crippen LogP contribution in [0.4, 0.5) is 0 Å². The Morgan fingerprint density at radius 2 is 2.14 bits per heavy atom. The molecule has 0 aromatic carbocycles. The maximum Gasteiger partial charge on any atom is 0.327 e. The first-order chi connectivity index (χ1) is 9.96. The Morgan fingerprint density at radius 3 is 2.67 bits per heavy atom. The molecule has 5 heteroatoms. The highest BCUT2D eigenvalue weighted by atomic mass is 16.5. The average molecular weight is 298 g/mol. The van der Waals surface area contributed by atoms with Gasteiger partial charge in [0.2, 0.25) is 0 Å². The van der Waals surface area contributed by atoms with Gasteiger partial charge < -0.3 is 14.8 Å². The van der Waals surface area contributed by atoms with Gasteiger partial charge in [-0.05, 0) is 46.1 Å². The summed E-state index contributed by atoms with van der Waals surface area (Å²) in [6.45, 7) is 12.5. The molecule has 1 heterocycles. The Kier molecular flexibility index (Phi) is 5.28. The van der Waals surface area contributed by atoms with Gasteiger partial charge in [0.1, 0.15) is 5.54 Å². The molecule has 0 aromatic heterocycles. The van der Waals surface area contributed by atoms with Gasteiger partial charge >= 0.3 is 5.97 Å². The number of hydrogen-bond donors (Lipinski definition) is 1. The van der Waals surface area contributed by atoms with E-state index < -0.39 is 5.54 Å². The Hall–Kier alpha value is -0.650. The molecule has 2 aliphatic rings. The molecule has 0 amide bonds. The zero-order valence-electron chi connectivity index (χ0n) is 13.9. The molecule has 21 heavy (non-hydrogen) atoms. The van der Waals surface area contributed by atoms with Crippen LogP contribution in [0.5, 0.6) is 0 Å². The molecule has 2 rings (SSSR count). The second kappa shape index (κ2) is 6.63. The van der Waals surface area contributed by atoms with E-state index in [1.165, 1.54) is 0 Å². The van der Waals surface area contributed by atoms with Crippen LogP contribution in [0.3, 0.4) is 0 Å². The number of ether oxygens (including phenoxy) is 2. The topological polar surface area (TPSA) is 50.8 Å². The van der Waals surface area contributed by atoms with Crippen molar-refractivity contribution in [1.29, 1.82) is 0 Å². The molecular weight excluding hydrogens is 268 g/mol. The molecule has 5 nitrogen and oxygen atoms in total. The maximum absolute atomic E-state index is 12.7. The van der Waals surface area contributed by atoms with Crippen molar-refractivity contribution in [2.24, 2.45) is 5.92 Å². The maximum atomic E-state index is 12.7. The minimum atomic E-state index is -0.556. The number of nitrogens with zero attached hydrogens (tertiary/aromatic N) is 1. The van der Waals surface area contributed by atoms with E-state index in [1.807, 2.05) is 6.92 Å². The second-order valence-corrected chi connectivity index (χ2v) is 6.78. The largest absolute Gasteiger partial charge is 0.465 e. The molecule has 1 unspecified atom stereocenters. The number of morpholine rings is 1. The van der Waals surface area contributed by atoms with Crippen molar-refractivity contribution >= 4 is 5.97 Å². The molecule has 1 aliphatic carbocycles. The van der Waals surface area contributed by atoms with Crippen molar-refractivity contribution in [3.8, 4) is 0 Å². The van der Waals surface area contributed by atoms with Crippen LogP contribution in [0.2, 0.25) is 0 Å². The van der Waals surface area contributed by atoms with Crippen LogP contribution in [0.15, 0.2) is 0 Å². The van der Waals surface area contributed by atoms with Crippen molar-refractivity contribution in [2.75, 3.05) is 39.5 Å². The number of esters is 1. The molecular formula is C16H30N2O3. The van der Waals surface area contributed by atoms with Crippen LogP contribution >= 0.6 is 0 Å². The van der Waals surface area contributed by atoms with Crippen molar-refractivity contribution in [3.63, 3.8) is 0 Å². The molecule has 1 N–H and O–H groups in total. The first-order valence-corrected chi connectivity index (χ1v) is 8.21. The summed E-state index contributed by atoms with van der Waals surface area (Å²) in [4.78, 5) is 15.1. The van der Waals surface area contributed by atoms with E-state index >= 15 is 0 Å². The van der Waals surface area contributed by atoms with Gasteiger partial charge in [0.25, 0.3) is 0 Å². The lowest BCUT2D eigenvalue weighted by atomic mass is 9.89. The molecule has 0 bridgehead atoms. The van der Waals surface area contributed by atoms with Crippen molar-refractivity contribution in [2.45, 2.75) is 51.6 Å². The summed E-state index contributed by atoms with van der Waals surface area (Å²) in [5.74, 6) is 0.312. The summed E-state index contributed by atoms with van der Waals surface area (Å²) in [5.41, 5.74) is -0.598. The SMILES string of the molecule is CCNC(CN1CCOCC1(C)C)(C(=O)OCC)C1CC1. The lowest BCUT2D eigenvalue weighted by molar-refractivity contribution is -0.156.